The molecule has 1 saturated heterocycles. The van der Waals surface area contributed by atoms with Crippen LogP contribution in [0, 0.1) is 6.92 Å². The summed E-state index contributed by atoms with van der Waals surface area (Å²) in [5.41, 5.74) is 1.18. The van der Waals surface area contributed by atoms with Gasteiger partial charge in [0, 0.05) is 29.8 Å². The molecule has 1 aliphatic heterocycles. The maximum Gasteiger partial charge on any atom is 0.185 e. The second-order valence-electron chi connectivity index (χ2n) is 4.41. The molecule has 5 heteroatoms. The van der Waals surface area contributed by atoms with Crippen molar-refractivity contribution < 1.29 is 0 Å². The summed E-state index contributed by atoms with van der Waals surface area (Å²) in [6, 6.07) is 0.405. The summed E-state index contributed by atoms with van der Waals surface area (Å²) in [6.07, 6.45) is 1.28. The normalized spacial score (nSPS) is 19.1. The molecule has 1 atom stereocenters. The molecule has 3 nitrogen and oxygen atoms in total. The van der Waals surface area contributed by atoms with Crippen LogP contribution in [-0.2, 0) is 0 Å². The second kappa shape index (κ2) is 6.07. The van der Waals surface area contributed by atoms with E-state index in [9.17, 15) is 0 Å². The minimum atomic E-state index is 0.405. The zero-order valence-corrected chi connectivity index (χ0v) is 12.5. The molecule has 0 aromatic carbocycles. The van der Waals surface area contributed by atoms with E-state index in [0.717, 1.165) is 13.1 Å². The average Bonchev–Trinajstić information content (AvgIpc) is 2.57. The predicted molar refractivity (Wildman–Crippen MR) is 78.5 cm³/mol. The number of thiazole rings is 1. The van der Waals surface area contributed by atoms with Crippen LogP contribution in [0.3, 0.4) is 0 Å². The Morgan fingerprint density at radius 3 is 2.94 bits per heavy atom. The Bertz CT molecular complexity index is 357. The molecule has 96 valence electrons. The lowest BCUT2D eigenvalue weighted by atomic mass is 10.2. The maximum atomic E-state index is 4.74. The summed E-state index contributed by atoms with van der Waals surface area (Å²) in [5, 5.41) is 4.51. The van der Waals surface area contributed by atoms with Gasteiger partial charge in [-0.15, -0.1) is 11.3 Å². The molecule has 0 spiro atoms. The molecular weight excluding hydrogens is 250 g/mol. The zero-order chi connectivity index (χ0) is 12.3. The number of nitrogens with zero attached hydrogens (tertiary/aromatic N) is 2. The number of thioether (sulfide) groups is 1. The van der Waals surface area contributed by atoms with E-state index in [1.165, 1.54) is 33.6 Å². The van der Waals surface area contributed by atoms with Crippen molar-refractivity contribution in [1.82, 2.24) is 10.3 Å². The highest BCUT2D eigenvalue weighted by atomic mass is 32.2. The first kappa shape index (κ1) is 13.2. The van der Waals surface area contributed by atoms with Crippen LogP contribution in [0.1, 0.15) is 30.0 Å². The van der Waals surface area contributed by atoms with Crippen LogP contribution in [0.4, 0.5) is 5.13 Å². The third-order valence-electron chi connectivity index (χ3n) is 3.14. The Labute approximate surface area is 112 Å². The Morgan fingerprint density at radius 2 is 2.18 bits per heavy atom. The van der Waals surface area contributed by atoms with E-state index < -0.39 is 0 Å². The van der Waals surface area contributed by atoms with E-state index in [4.69, 9.17) is 4.98 Å². The molecule has 0 amide bonds. The molecule has 1 aromatic heterocycles. The molecule has 0 saturated carbocycles. The number of aryl methyl sites for hydroxylation is 1. The minimum Gasteiger partial charge on any atom is -0.347 e. The van der Waals surface area contributed by atoms with Gasteiger partial charge in [-0.25, -0.2) is 4.98 Å². The van der Waals surface area contributed by atoms with Crippen molar-refractivity contribution in [3.8, 4) is 0 Å². The molecule has 2 rings (SSSR count). The fourth-order valence-electron chi connectivity index (χ4n) is 2.00. The fourth-order valence-corrected chi connectivity index (χ4v) is 4.06. The monoisotopic (exact) mass is 271 g/mol. The van der Waals surface area contributed by atoms with Gasteiger partial charge in [0.05, 0.1) is 5.69 Å². The summed E-state index contributed by atoms with van der Waals surface area (Å²) in [4.78, 5) is 8.56. The van der Waals surface area contributed by atoms with Crippen LogP contribution in [0.5, 0.6) is 0 Å². The molecule has 1 aromatic rings. The van der Waals surface area contributed by atoms with E-state index in [1.54, 1.807) is 0 Å². The van der Waals surface area contributed by atoms with Crippen LogP contribution < -0.4 is 10.2 Å². The lowest BCUT2D eigenvalue weighted by Crippen LogP contribution is -2.25. The predicted octanol–water partition coefficient (Wildman–Crippen LogP) is 2.68. The molecule has 1 aliphatic rings. The smallest absolute Gasteiger partial charge is 0.185 e. The van der Waals surface area contributed by atoms with Gasteiger partial charge in [0.25, 0.3) is 0 Å². The van der Waals surface area contributed by atoms with Crippen LogP contribution in [0.15, 0.2) is 0 Å². The van der Waals surface area contributed by atoms with Crippen LogP contribution in [0.2, 0.25) is 0 Å². The van der Waals surface area contributed by atoms with Gasteiger partial charge in [0.2, 0.25) is 0 Å². The summed E-state index contributed by atoms with van der Waals surface area (Å²) >= 11 is 3.91. The van der Waals surface area contributed by atoms with Crippen LogP contribution in [0.25, 0.3) is 0 Å². The van der Waals surface area contributed by atoms with E-state index in [-0.39, 0.29) is 0 Å². The first-order valence-electron chi connectivity index (χ1n) is 6.19. The topological polar surface area (TPSA) is 28.2 Å². The van der Waals surface area contributed by atoms with Gasteiger partial charge in [-0.1, -0.05) is 0 Å². The van der Waals surface area contributed by atoms with Crippen molar-refractivity contribution in [2.45, 2.75) is 26.3 Å². The van der Waals surface area contributed by atoms with E-state index in [2.05, 4.69) is 35.8 Å². The van der Waals surface area contributed by atoms with Gasteiger partial charge < -0.3 is 10.2 Å². The lowest BCUT2D eigenvalue weighted by molar-refractivity contribution is 0.658. The molecular formula is C12H21N3S2. The molecule has 1 N–H and O–H groups in total. The maximum absolute atomic E-state index is 4.74. The SMILES string of the molecule is CNC(C)c1sc(N2CCCSCC2)nc1C. The van der Waals surface area contributed by atoms with Gasteiger partial charge in [-0.3, -0.25) is 0 Å². The van der Waals surface area contributed by atoms with E-state index in [0.29, 0.717) is 6.04 Å². The summed E-state index contributed by atoms with van der Waals surface area (Å²) in [7, 11) is 2.01. The Balaban J connectivity index is 2.15. The molecule has 2 heterocycles. The van der Waals surface area contributed by atoms with Gasteiger partial charge in [-0.05, 0) is 33.1 Å². The van der Waals surface area contributed by atoms with Crippen LogP contribution >= 0.6 is 23.1 Å². The second-order valence-corrected chi connectivity index (χ2v) is 6.64. The number of anilines is 1. The average molecular weight is 271 g/mol. The van der Waals surface area contributed by atoms with Gasteiger partial charge in [0.1, 0.15) is 0 Å². The number of hydrogen-bond acceptors (Lipinski definition) is 5. The summed E-state index contributed by atoms with van der Waals surface area (Å²) in [6.45, 7) is 6.62. The third kappa shape index (κ3) is 3.14. The third-order valence-corrected chi connectivity index (χ3v) is 5.59. The number of aromatic nitrogens is 1. The quantitative estimate of drug-likeness (QED) is 0.915. The first-order chi connectivity index (χ1) is 8.22. The van der Waals surface area contributed by atoms with Crippen molar-refractivity contribution in [2.24, 2.45) is 0 Å². The first-order valence-corrected chi connectivity index (χ1v) is 8.16. The summed E-state index contributed by atoms with van der Waals surface area (Å²) < 4.78 is 0. The Morgan fingerprint density at radius 1 is 1.35 bits per heavy atom. The minimum absolute atomic E-state index is 0.405. The zero-order valence-electron chi connectivity index (χ0n) is 10.8. The standard InChI is InChI=1S/C12H21N3S2/c1-9(13-3)11-10(2)14-12(17-11)15-5-4-7-16-8-6-15/h9,13H,4-8H2,1-3H3. The molecule has 0 aliphatic carbocycles. The highest BCUT2D eigenvalue weighted by Gasteiger charge is 2.18. The van der Waals surface area contributed by atoms with E-state index in [1.807, 2.05) is 18.4 Å². The fraction of sp³-hybridized carbons (Fsp3) is 0.750. The molecule has 0 radical (unpaired) electrons. The lowest BCUT2D eigenvalue weighted by Gasteiger charge is -2.18. The van der Waals surface area contributed by atoms with Gasteiger partial charge in [-0.2, -0.15) is 11.8 Å². The van der Waals surface area contributed by atoms with Crippen molar-refractivity contribution in [3.05, 3.63) is 10.6 Å². The molecule has 1 fully saturated rings. The van der Waals surface area contributed by atoms with E-state index >= 15 is 0 Å². The van der Waals surface area contributed by atoms with Crippen molar-refractivity contribution in [3.63, 3.8) is 0 Å². The van der Waals surface area contributed by atoms with Crippen molar-refractivity contribution >= 4 is 28.2 Å². The highest BCUT2D eigenvalue weighted by Crippen LogP contribution is 2.31. The Kier molecular flexibility index (Phi) is 4.70. The van der Waals surface area contributed by atoms with Crippen molar-refractivity contribution in [2.75, 3.05) is 36.5 Å². The number of hydrogen-bond donors (Lipinski definition) is 1. The summed E-state index contributed by atoms with van der Waals surface area (Å²) in [5.74, 6) is 2.52. The number of rotatable bonds is 3. The Hall–Kier alpha value is -0.260. The van der Waals surface area contributed by atoms with Gasteiger partial charge >= 0.3 is 0 Å². The number of nitrogens with one attached hydrogen (secondary N) is 1. The van der Waals surface area contributed by atoms with Crippen molar-refractivity contribution in [1.29, 1.82) is 0 Å². The van der Waals surface area contributed by atoms with Crippen LogP contribution in [-0.4, -0.2) is 36.6 Å². The molecule has 1 unspecified atom stereocenters. The van der Waals surface area contributed by atoms with Gasteiger partial charge in [0.15, 0.2) is 5.13 Å². The molecule has 17 heavy (non-hydrogen) atoms. The highest BCUT2D eigenvalue weighted by molar-refractivity contribution is 7.99. The molecule has 0 bridgehead atoms. The largest absolute Gasteiger partial charge is 0.347 e.